The van der Waals surface area contributed by atoms with E-state index in [1.54, 1.807) is 13.3 Å². The predicted octanol–water partition coefficient (Wildman–Crippen LogP) is 0.679. The average molecular weight is 198 g/mol. The molecule has 80 valence electrons. The van der Waals surface area contributed by atoms with Gasteiger partial charge in [-0.2, -0.15) is 0 Å². The van der Waals surface area contributed by atoms with Crippen molar-refractivity contribution in [1.29, 1.82) is 0 Å². The zero-order valence-electron chi connectivity index (χ0n) is 9.19. The van der Waals surface area contributed by atoms with Gasteiger partial charge in [-0.05, 0) is 20.8 Å². The highest BCUT2D eigenvalue weighted by Gasteiger charge is 2.21. The Labute approximate surface area is 84.2 Å². The highest BCUT2D eigenvalue weighted by molar-refractivity contribution is 5.03. The molecule has 0 aliphatic heterocycles. The van der Waals surface area contributed by atoms with E-state index in [4.69, 9.17) is 10.5 Å². The molecular weight excluding hydrogens is 180 g/mol. The third-order valence-corrected chi connectivity index (χ3v) is 1.94. The Hall–Kier alpha value is -0.940. The molecule has 1 aromatic rings. The first-order chi connectivity index (χ1) is 6.46. The van der Waals surface area contributed by atoms with Gasteiger partial charge in [0.1, 0.15) is 0 Å². The zero-order valence-corrected chi connectivity index (χ0v) is 9.19. The van der Waals surface area contributed by atoms with E-state index >= 15 is 0 Å². The molecule has 1 rings (SSSR count). The van der Waals surface area contributed by atoms with Gasteiger partial charge in [-0.1, -0.05) is 5.21 Å². The van der Waals surface area contributed by atoms with Crippen molar-refractivity contribution in [3.63, 3.8) is 0 Å². The van der Waals surface area contributed by atoms with Gasteiger partial charge in [0.15, 0.2) is 0 Å². The lowest BCUT2D eigenvalue weighted by Crippen LogP contribution is -2.29. The number of nitrogens with two attached hydrogens (primary N) is 1. The molecule has 0 fully saturated rings. The van der Waals surface area contributed by atoms with E-state index in [0.717, 1.165) is 5.69 Å². The number of methoxy groups -OCH3 is 1. The van der Waals surface area contributed by atoms with Gasteiger partial charge in [-0.15, -0.1) is 5.10 Å². The first-order valence-electron chi connectivity index (χ1n) is 4.62. The van der Waals surface area contributed by atoms with Crippen molar-refractivity contribution in [2.24, 2.45) is 5.73 Å². The zero-order chi connectivity index (χ0) is 10.8. The van der Waals surface area contributed by atoms with Crippen molar-refractivity contribution in [2.75, 3.05) is 13.7 Å². The van der Waals surface area contributed by atoms with E-state index in [1.807, 2.05) is 4.68 Å². The van der Waals surface area contributed by atoms with E-state index < -0.39 is 0 Å². The third-order valence-electron chi connectivity index (χ3n) is 1.94. The number of hydrogen-bond donors (Lipinski definition) is 1. The summed E-state index contributed by atoms with van der Waals surface area (Å²) in [7, 11) is 1.63. The number of rotatable bonds is 3. The van der Waals surface area contributed by atoms with Crippen molar-refractivity contribution in [2.45, 2.75) is 32.4 Å². The minimum absolute atomic E-state index is 0.100. The smallest absolute Gasteiger partial charge is 0.0784 e. The number of ether oxygens (including phenoxy) is 1. The normalized spacial score (nSPS) is 14.4. The third kappa shape index (κ3) is 2.30. The second-order valence-corrected chi connectivity index (χ2v) is 4.30. The Morgan fingerprint density at radius 1 is 1.57 bits per heavy atom. The molecule has 14 heavy (non-hydrogen) atoms. The Balaban J connectivity index is 2.93. The standard InChI is InChI=1S/C9H18N4O/c1-9(2,3)13-8(5-11-12-13)7(10)6-14-4/h5,7H,6,10H2,1-4H3/t7-/m0/s1. The van der Waals surface area contributed by atoms with Gasteiger partial charge >= 0.3 is 0 Å². The topological polar surface area (TPSA) is 66.0 Å². The molecule has 0 unspecified atom stereocenters. The fourth-order valence-corrected chi connectivity index (χ4v) is 1.28. The van der Waals surface area contributed by atoms with E-state index in [-0.39, 0.29) is 11.6 Å². The summed E-state index contributed by atoms with van der Waals surface area (Å²) >= 11 is 0. The van der Waals surface area contributed by atoms with Crippen molar-refractivity contribution < 1.29 is 4.74 Å². The summed E-state index contributed by atoms with van der Waals surface area (Å²) in [5.74, 6) is 0. The maximum atomic E-state index is 5.92. The van der Waals surface area contributed by atoms with Crippen LogP contribution in [0, 0.1) is 0 Å². The van der Waals surface area contributed by atoms with Crippen LogP contribution < -0.4 is 5.73 Å². The van der Waals surface area contributed by atoms with Gasteiger partial charge in [-0.3, -0.25) is 0 Å². The Morgan fingerprint density at radius 2 is 2.21 bits per heavy atom. The van der Waals surface area contributed by atoms with Crippen LogP contribution in [0.15, 0.2) is 6.20 Å². The molecule has 1 atom stereocenters. The summed E-state index contributed by atoms with van der Waals surface area (Å²) in [5, 5.41) is 7.89. The van der Waals surface area contributed by atoms with Gasteiger partial charge in [0.2, 0.25) is 0 Å². The maximum absolute atomic E-state index is 5.92. The quantitative estimate of drug-likeness (QED) is 0.775. The average Bonchev–Trinajstić information content (AvgIpc) is 2.50. The van der Waals surface area contributed by atoms with E-state index in [1.165, 1.54) is 0 Å². The van der Waals surface area contributed by atoms with E-state index in [0.29, 0.717) is 6.61 Å². The molecule has 0 aromatic carbocycles. The van der Waals surface area contributed by atoms with Gasteiger partial charge in [-0.25, -0.2) is 4.68 Å². The summed E-state index contributed by atoms with van der Waals surface area (Å²) < 4.78 is 6.83. The Bertz CT molecular complexity index is 289. The van der Waals surface area contributed by atoms with Crippen molar-refractivity contribution in [3.8, 4) is 0 Å². The van der Waals surface area contributed by atoms with Gasteiger partial charge < -0.3 is 10.5 Å². The van der Waals surface area contributed by atoms with Crippen molar-refractivity contribution >= 4 is 0 Å². The minimum atomic E-state index is -0.172. The number of hydrogen-bond acceptors (Lipinski definition) is 4. The molecule has 0 bridgehead atoms. The van der Waals surface area contributed by atoms with E-state index in [2.05, 4.69) is 31.1 Å². The van der Waals surface area contributed by atoms with Gasteiger partial charge in [0, 0.05) is 7.11 Å². The largest absolute Gasteiger partial charge is 0.383 e. The van der Waals surface area contributed by atoms with Crippen LogP contribution in [0.2, 0.25) is 0 Å². The van der Waals surface area contributed by atoms with Gasteiger partial charge in [0.05, 0.1) is 30.1 Å². The molecular formula is C9H18N4O. The predicted molar refractivity (Wildman–Crippen MR) is 53.8 cm³/mol. The van der Waals surface area contributed by atoms with Crippen LogP contribution in [0.5, 0.6) is 0 Å². The fraction of sp³-hybridized carbons (Fsp3) is 0.778. The van der Waals surface area contributed by atoms with Gasteiger partial charge in [0.25, 0.3) is 0 Å². The number of aromatic nitrogens is 3. The molecule has 5 heteroatoms. The minimum Gasteiger partial charge on any atom is -0.383 e. The van der Waals surface area contributed by atoms with Crippen molar-refractivity contribution in [1.82, 2.24) is 15.0 Å². The lowest BCUT2D eigenvalue weighted by atomic mass is 10.1. The first kappa shape index (κ1) is 11.1. The molecule has 1 aromatic heterocycles. The SMILES string of the molecule is COC[C@H](N)c1cnnn1C(C)(C)C. The highest BCUT2D eigenvalue weighted by atomic mass is 16.5. The lowest BCUT2D eigenvalue weighted by Gasteiger charge is -2.23. The first-order valence-corrected chi connectivity index (χ1v) is 4.62. The molecule has 0 saturated heterocycles. The molecule has 0 radical (unpaired) electrons. The highest BCUT2D eigenvalue weighted by Crippen LogP contribution is 2.18. The summed E-state index contributed by atoms with van der Waals surface area (Å²) in [6, 6.07) is -0.172. The van der Waals surface area contributed by atoms with Crippen LogP contribution in [0.25, 0.3) is 0 Å². The van der Waals surface area contributed by atoms with Crippen LogP contribution in [0.1, 0.15) is 32.5 Å². The maximum Gasteiger partial charge on any atom is 0.0784 e. The lowest BCUT2D eigenvalue weighted by molar-refractivity contribution is 0.174. The fourth-order valence-electron chi connectivity index (χ4n) is 1.28. The molecule has 5 nitrogen and oxygen atoms in total. The van der Waals surface area contributed by atoms with Crippen LogP contribution in [-0.4, -0.2) is 28.7 Å². The molecule has 0 spiro atoms. The monoisotopic (exact) mass is 198 g/mol. The Kier molecular flexibility index (Phi) is 3.23. The molecule has 0 amide bonds. The second kappa shape index (κ2) is 4.06. The van der Waals surface area contributed by atoms with Crippen molar-refractivity contribution in [3.05, 3.63) is 11.9 Å². The van der Waals surface area contributed by atoms with Crippen LogP contribution in [0.3, 0.4) is 0 Å². The summed E-state index contributed by atoms with van der Waals surface area (Å²) in [6.07, 6.45) is 1.69. The van der Waals surface area contributed by atoms with Crippen LogP contribution in [-0.2, 0) is 10.3 Å². The van der Waals surface area contributed by atoms with Crippen LogP contribution >= 0.6 is 0 Å². The summed E-state index contributed by atoms with van der Waals surface area (Å²) in [4.78, 5) is 0. The van der Waals surface area contributed by atoms with Crippen LogP contribution in [0.4, 0.5) is 0 Å². The Morgan fingerprint density at radius 3 is 2.71 bits per heavy atom. The second-order valence-electron chi connectivity index (χ2n) is 4.30. The number of nitrogens with zero attached hydrogens (tertiary/aromatic N) is 3. The molecule has 2 N–H and O–H groups in total. The summed E-state index contributed by atoms with van der Waals surface area (Å²) in [5.41, 5.74) is 6.72. The van der Waals surface area contributed by atoms with E-state index in [9.17, 15) is 0 Å². The molecule has 0 saturated carbocycles. The molecule has 0 aliphatic carbocycles. The molecule has 1 heterocycles. The molecule has 0 aliphatic rings. The summed E-state index contributed by atoms with van der Waals surface area (Å²) in [6.45, 7) is 6.66.